The molecular formula is C21H23NO4. The van der Waals surface area contributed by atoms with Crippen molar-refractivity contribution in [2.24, 2.45) is 5.92 Å². The van der Waals surface area contributed by atoms with E-state index in [1.165, 1.54) is 0 Å². The average molecular weight is 353 g/mol. The van der Waals surface area contributed by atoms with E-state index < -0.39 is 5.92 Å². The van der Waals surface area contributed by atoms with Gasteiger partial charge in [0.2, 0.25) is 5.91 Å². The second-order valence-electron chi connectivity index (χ2n) is 6.47. The van der Waals surface area contributed by atoms with E-state index in [1.807, 2.05) is 57.2 Å². The van der Waals surface area contributed by atoms with Crippen molar-refractivity contribution in [2.75, 3.05) is 18.1 Å². The first-order valence-corrected chi connectivity index (χ1v) is 8.80. The van der Waals surface area contributed by atoms with E-state index in [0.717, 1.165) is 11.1 Å². The van der Waals surface area contributed by atoms with Crippen molar-refractivity contribution in [1.29, 1.82) is 0 Å². The second-order valence-corrected chi connectivity index (χ2v) is 6.47. The van der Waals surface area contributed by atoms with Gasteiger partial charge in [0.25, 0.3) is 0 Å². The highest BCUT2D eigenvalue weighted by Gasteiger charge is 2.37. The molecule has 1 heterocycles. The van der Waals surface area contributed by atoms with Crippen LogP contribution in [0.5, 0.6) is 11.5 Å². The molecule has 1 saturated heterocycles. The summed E-state index contributed by atoms with van der Waals surface area (Å²) in [5.74, 6) is 0.196. The van der Waals surface area contributed by atoms with Crippen molar-refractivity contribution in [2.45, 2.75) is 27.2 Å². The molecule has 1 fully saturated rings. The monoisotopic (exact) mass is 353 g/mol. The summed E-state index contributed by atoms with van der Waals surface area (Å²) in [7, 11) is 0. The summed E-state index contributed by atoms with van der Waals surface area (Å²) < 4.78 is 11.1. The van der Waals surface area contributed by atoms with Crippen LogP contribution in [0.2, 0.25) is 0 Å². The molecule has 0 saturated carbocycles. The Morgan fingerprint density at radius 1 is 1.15 bits per heavy atom. The van der Waals surface area contributed by atoms with Crippen LogP contribution in [0.3, 0.4) is 0 Å². The highest BCUT2D eigenvalue weighted by atomic mass is 16.5. The Morgan fingerprint density at radius 3 is 2.65 bits per heavy atom. The van der Waals surface area contributed by atoms with Crippen LogP contribution in [0.25, 0.3) is 0 Å². The minimum absolute atomic E-state index is 0.0980. The zero-order chi connectivity index (χ0) is 18.7. The average Bonchev–Trinajstić information content (AvgIpc) is 3.01. The van der Waals surface area contributed by atoms with E-state index >= 15 is 0 Å². The molecular weight excluding hydrogens is 330 g/mol. The number of carbonyl (C=O) groups excluding carboxylic acids is 2. The maximum Gasteiger partial charge on any atom is 0.316 e. The Kier molecular flexibility index (Phi) is 5.26. The third-order valence-electron chi connectivity index (χ3n) is 4.61. The first-order valence-electron chi connectivity index (χ1n) is 8.80. The molecule has 0 radical (unpaired) electrons. The number of para-hydroxylation sites is 2. The van der Waals surface area contributed by atoms with Crippen LogP contribution in [0.4, 0.5) is 5.69 Å². The summed E-state index contributed by atoms with van der Waals surface area (Å²) in [5, 5.41) is 0. The zero-order valence-corrected chi connectivity index (χ0v) is 15.3. The van der Waals surface area contributed by atoms with E-state index in [2.05, 4.69) is 0 Å². The lowest BCUT2D eigenvalue weighted by Gasteiger charge is -2.20. The van der Waals surface area contributed by atoms with Gasteiger partial charge in [-0.05, 0) is 56.2 Å². The minimum Gasteiger partial charge on any atom is -0.492 e. The highest BCUT2D eigenvalue weighted by Crippen LogP contribution is 2.33. The number of hydrogen-bond donors (Lipinski definition) is 0. The molecule has 0 unspecified atom stereocenters. The smallest absolute Gasteiger partial charge is 0.316 e. The molecule has 1 amide bonds. The Hall–Kier alpha value is -2.82. The molecule has 5 nitrogen and oxygen atoms in total. The molecule has 0 N–H and O–H groups in total. The lowest BCUT2D eigenvalue weighted by molar-refractivity contribution is -0.139. The number of rotatable bonds is 5. The van der Waals surface area contributed by atoms with Gasteiger partial charge in [-0.15, -0.1) is 0 Å². The molecule has 0 aliphatic carbocycles. The molecule has 3 rings (SSSR count). The largest absolute Gasteiger partial charge is 0.492 e. The third-order valence-corrected chi connectivity index (χ3v) is 4.61. The van der Waals surface area contributed by atoms with Gasteiger partial charge in [-0.25, -0.2) is 0 Å². The van der Waals surface area contributed by atoms with Gasteiger partial charge in [0.05, 0.1) is 18.2 Å². The van der Waals surface area contributed by atoms with E-state index in [1.54, 1.807) is 11.0 Å². The highest BCUT2D eigenvalue weighted by molar-refractivity contribution is 6.00. The van der Waals surface area contributed by atoms with Gasteiger partial charge < -0.3 is 14.4 Å². The standard InChI is InChI=1S/C21H23NO4/c1-4-25-19-8-6-5-7-18(19)22-13-16(12-20(22)23)21(24)26-17-10-9-14(2)15(3)11-17/h5-11,16H,4,12-13H2,1-3H3/t16-/m1/s1. The Labute approximate surface area is 153 Å². The fraction of sp³-hybridized carbons (Fsp3) is 0.333. The molecule has 0 spiro atoms. The van der Waals surface area contributed by atoms with Gasteiger partial charge in [0.1, 0.15) is 11.5 Å². The van der Waals surface area contributed by atoms with Gasteiger partial charge >= 0.3 is 5.97 Å². The summed E-state index contributed by atoms with van der Waals surface area (Å²) in [6, 6.07) is 12.9. The third kappa shape index (κ3) is 3.72. The summed E-state index contributed by atoms with van der Waals surface area (Å²) in [5.41, 5.74) is 2.89. The van der Waals surface area contributed by atoms with Crippen molar-refractivity contribution in [3.63, 3.8) is 0 Å². The molecule has 5 heteroatoms. The SMILES string of the molecule is CCOc1ccccc1N1C[C@H](C(=O)Oc2ccc(C)c(C)c2)CC1=O. The zero-order valence-electron chi connectivity index (χ0n) is 15.3. The lowest BCUT2D eigenvalue weighted by Crippen LogP contribution is -2.27. The summed E-state index contributed by atoms with van der Waals surface area (Å²) in [6.07, 6.45) is 0.143. The van der Waals surface area contributed by atoms with Crippen LogP contribution in [0.15, 0.2) is 42.5 Å². The number of aryl methyl sites for hydroxylation is 2. The predicted molar refractivity (Wildman–Crippen MR) is 99.6 cm³/mol. The Balaban J connectivity index is 1.73. The van der Waals surface area contributed by atoms with Gasteiger partial charge in [-0.2, -0.15) is 0 Å². The molecule has 26 heavy (non-hydrogen) atoms. The number of nitrogens with zero attached hydrogens (tertiary/aromatic N) is 1. The van der Waals surface area contributed by atoms with Crippen LogP contribution in [-0.2, 0) is 9.59 Å². The van der Waals surface area contributed by atoms with Crippen LogP contribution in [0, 0.1) is 19.8 Å². The van der Waals surface area contributed by atoms with Crippen LogP contribution >= 0.6 is 0 Å². The first kappa shape index (κ1) is 18.0. The van der Waals surface area contributed by atoms with Crippen molar-refractivity contribution >= 4 is 17.6 Å². The molecule has 136 valence electrons. The number of hydrogen-bond acceptors (Lipinski definition) is 4. The Morgan fingerprint density at radius 2 is 1.92 bits per heavy atom. The molecule has 2 aromatic rings. The predicted octanol–water partition coefficient (Wildman–Crippen LogP) is 3.66. The fourth-order valence-corrected chi connectivity index (χ4v) is 3.03. The summed E-state index contributed by atoms with van der Waals surface area (Å²) in [6.45, 7) is 6.68. The molecule has 0 bridgehead atoms. The molecule has 1 atom stereocenters. The van der Waals surface area contributed by atoms with Crippen molar-refractivity contribution in [3.05, 3.63) is 53.6 Å². The summed E-state index contributed by atoms with van der Waals surface area (Å²) in [4.78, 5) is 26.6. The van der Waals surface area contributed by atoms with E-state index in [4.69, 9.17) is 9.47 Å². The number of ether oxygens (including phenoxy) is 2. The quantitative estimate of drug-likeness (QED) is 0.608. The maximum absolute atomic E-state index is 12.5. The van der Waals surface area contributed by atoms with Gasteiger partial charge in [0, 0.05) is 13.0 Å². The number of anilines is 1. The number of amides is 1. The van der Waals surface area contributed by atoms with Crippen LogP contribution in [0.1, 0.15) is 24.5 Å². The molecule has 1 aliphatic heterocycles. The van der Waals surface area contributed by atoms with E-state index in [9.17, 15) is 9.59 Å². The van der Waals surface area contributed by atoms with Gasteiger partial charge in [0.15, 0.2) is 0 Å². The minimum atomic E-state index is -0.487. The van der Waals surface area contributed by atoms with Crippen LogP contribution in [-0.4, -0.2) is 25.0 Å². The normalized spacial score (nSPS) is 16.7. The number of esters is 1. The van der Waals surface area contributed by atoms with Crippen LogP contribution < -0.4 is 14.4 Å². The van der Waals surface area contributed by atoms with Crippen molar-refractivity contribution < 1.29 is 19.1 Å². The molecule has 2 aromatic carbocycles. The van der Waals surface area contributed by atoms with Crippen molar-refractivity contribution in [1.82, 2.24) is 0 Å². The van der Waals surface area contributed by atoms with Gasteiger partial charge in [-0.1, -0.05) is 18.2 Å². The van der Waals surface area contributed by atoms with E-state index in [-0.39, 0.29) is 18.3 Å². The van der Waals surface area contributed by atoms with Gasteiger partial charge in [-0.3, -0.25) is 9.59 Å². The van der Waals surface area contributed by atoms with E-state index in [0.29, 0.717) is 30.3 Å². The van der Waals surface area contributed by atoms with Crippen molar-refractivity contribution in [3.8, 4) is 11.5 Å². The first-order chi connectivity index (χ1) is 12.5. The number of carbonyl (C=O) groups is 2. The number of benzene rings is 2. The topological polar surface area (TPSA) is 55.8 Å². The second kappa shape index (κ2) is 7.60. The fourth-order valence-electron chi connectivity index (χ4n) is 3.03. The Bertz CT molecular complexity index is 831. The maximum atomic E-state index is 12.5. The lowest BCUT2D eigenvalue weighted by atomic mass is 10.1. The molecule has 0 aromatic heterocycles. The summed E-state index contributed by atoms with van der Waals surface area (Å²) >= 11 is 0. The molecule has 1 aliphatic rings.